The molecule has 3 atom stereocenters. The van der Waals surface area contributed by atoms with E-state index in [1.165, 1.54) is 12.1 Å². The van der Waals surface area contributed by atoms with Gasteiger partial charge in [0.1, 0.15) is 11.4 Å². The lowest BCUT2D eigenvalue weighted by Crippen LogP contribution is -2.54. The van der Waals surface area contributed by atoms with Crippen molar-refractivity contribution in [3.8, 4) is 0 Å². The summed E-state index contributed by atoms with van der Waals surface area (Å²) in [5.41, 5.74) is 4.44. The van der Waals surface area contributed by atoms with Gasteiger partial charge in [-0.25, -0.2) is 14.2 Å². The molecule has 4 N–H and O–H groups in total. The normalized spacial score (nSPS) is 28.8. The Morgan fingerprint density at radius 2 is 2.19 bits per heavy atom. The van der Waals surface area contributed by atoms with Crippen LogP contribution in [0.1, 0.15) is 12.0 Å². The lowest BCUT2D eigenvalue weighted by Gasteiger charge is -2.46. The van der Waals surface area contributed by atoms with Crippen LogP contribution in [0.25, 0.3) is 0 Å². The van der Waals surface area contributed by atoms with Crippen LogP contribution >= 0.6 is 11.8 Å². The number of nitrogens with two attached hydrogens (primary N) is 1. The number of carbonyl (C=O) groups is 1. The molecule has 6 nitrogen and oxygen atoms in total. The van der Waals surface area contributed by atoms with E-state index in [0.717, 1.165) is 17.8 Å². The fourth-order valence-corrected chi connectivity index (χ4v) is 4.36. The van der Waals surface area contributed by atoms with Gasteiger partial charge in [-0.15, -0.1) is 0 Å². The Morgan fingerprint density at radius 3 is 2.85 bits per heavy atom. The molecule has 0 bridgehead atoms. The number of hydrogen-bond donors (Lipinski definition) is 3. The summed E-state index contributed by atoms with van der Waals surface area (Å²) in [4.78, 5) is 15.2. The van der Waals surface area contributed by atoms with Gasteiger partial charge in [0.05, 0.1) is 6.61 Å². The summed E-state index contributed by atoms with van der Waals surface area (Å²) in [6, 6.07) is 3.73. The van der Waals surface area contributed by atoms with Crippen LogP contribution in [0.5, 0.6) is 0 Å². The molecule has 1 aromatic carbocycles. The number of hydrogen-bond acceptors (Lipinski definition) is 5. The van der Waals surface area contributed by atoms with Gasteiger partial charge < -0.3 is 15.6 Å². The summed E-state index contributed by atoms with van der Waals surface area (Å²) in [6.07, 6.45) is -8.31. The zero-order chi connectivity index (χ0) is 19.1. The molecule has 26 heavy (non-hydrogen) atoms. The van der Waals surface area contributed by atoms with E-state index in [9.17, 15) is 22.4 Å². The highest BCUT2D eigenvalue weighted by Crippen LogP contribution is 2.49. The van der Waals surface area contributed by atoms with Crippen molar-refractivity contribution in [1.82, 2.24) is 5.32 Å². The molecule has 1 aromatic rings. The topological polar surface area (TPSA) is 96.9 Å². The molecule has 0 spiro atoms. The first kappa shape index (κ1) is 18.8. The minimum atomic E-state index is -4.55. The Kier molecular flexibility index (Phi) is 4.78. The number of nitrogens with zero attached hydrogens (tertiary/aromatic N) is 1. The van der Waals surface area contributed by atoms with Gasteiger partial charge in [0.25, 0.3) is 0 Å². The van der Waals surface area contributed by atoms with Crippen LogP contribution in [0.15, 0.2) is 23.2 Å². The highest BCUT2D eigenvalue weighted by Gasteiger charge is 2.55. The highest BCUT2D eigenvalue weighted by molar-refractivity contribution is 8.13. The maximum Gasteiger partial charge on any atom is 0.414 e. The first-order chi connectivity index (χ1) is 12.1. The van der Waals surface area contributed by atoms with Gasteiger partial charge in [0, 0.05) is 22.9 Å². The summed E-state index contributed by atoms with van der Waals surface area (Å²) < 4.78 is 58.7. The number of amidine groups is 1. The summed E-state index contributed by atoms with van der Waals surface area (Å²) in [5.74, 6) is -1.27. The quantitative estimate of drug-likeness (QED) is 0.504. The van der Waals surface area contributed by atoms with Gasteiger partial charge >= 0.3 is 12.3 Å². The van der Waals surface area contributed by atoms with Crippen LogP contribution in [0.3, 0.4) is 0 Å². The van der Waals surface area contributed by atoms with Crippen molar-refractivity contribution < 1.29 is 32.2 Å². The Bertz CT molecular complexity index is 758. The zero-order valence-corrected chi connectivity index (χ0v) is 14.0. The number of amides is 1. The van der Waals surface area contributed by atoms with Crippen LogP contribution in [-0.2, 0) is 10.3 Å². The van der Waals surface area contributed by atoms with Gasteiger partial charge in [-0.3, -0.25) is 5.32 Å². The Hall–Kier alpha value is -2.01. The second-order valence-electron chi connectivity index (χ2n) is 6.10. The average Bonchev–Trinajstić information content (AvgIpc) is 2.55. The maximum absolute atomic E-state index is 14.5. The van der Waals surface area contributed by atoms with Crippen LogP contribution in [0.4, 0.5) is 28.0 Å². The molecule has 11 heteroatoms. The van der Waals surface area contributed by atoms with E-state index in [1.807, 2.05) is 0 Å². The molecule has 2 aliphatic heterocycles. The van der Waals surface area contributed by atoms with Crippen LogP contribution < -0.4 is 11.1 Å². The third-order valence-corrected chi connectivity index (χ3v) is 5.47. The largest absolute Gasteiger partial charge is 0.465 e. The number of thioether (sulfide) groups is 1. The summed E-state index contributed by atoms with van der Waals surface area (Å²) in [7, 11) is 0. The van der Waals surface area contributed by atoms with Gasteiger partial charge in [-0.05, 0) is 24.6 Å². The van der Waals surface area contributed by atoms with Crippen LogP contribution in [0, 0.1) is 11.7 Å². The maximum atomic E-state index is 14.5. The molecule has 0 aliphatic carbocycles. The van der Waals surface area contributed by atoms with Crippen molar-refractivity contribution in [2.24, 2.45) is 10.9 Å². The smallest absolute Gasteiger partial charge is 0.414 e. The van der Waals surface area contributed by atoms with Crippen LogP contribution in [0.2, 0.25) is 0 Å². The highest BCUT2D eigenvalue weighted by atomic mass is 32.2. The number of alkyl halides is 3. The van der Waals surface area contributed by atoms with Crippen molar-refractivity contribution in [2.45, 2.75) is 24.2 Å². The number of benzene rings is 1. The third kappa shape index (κ3) is 3.45. The number of halogens is 4. The number of ether oxygens (including phenoxy) is 1. The van der Waals surface area contributed by atoms with E-state index in [-0.39, 0.29) is 22.2 Å². The molecule has 0 aromatic heterocycles. The molecule has 0 radical (unpaired) electrons. The number of nitrogens with one attached hydrogen (secondary N) is 1. The minimum absolute atomic E-state index is 0.00638. The fraction of sp³-hybridized carbons (Fsp3) is 0.467. The monoisotopic (exact) mass is 393 g/mol. The van der Waals surface area contributed by atoms with Gasteiger partial charge in [-0.2, -0.15) is 13.2 Å². The van der Waals surface area contributed by atoms with Gasteiger partial charge in [0.15, 0.2) is 11.3 Å². The van der Waals surface area contributed by atoms with E-state index in [1.54, 1.807) is 0 Å². The van der Waals surface area contributed by atoms with E-state index >= 15 is 0 Å². The lowest BCUT2D eigenvalue weighted by molar-refractivity contribution is -0.245. The van der Waals surface area contributed by atoms with Crippen LogP contribution in [-0.4, -0.2) is 41.0 Å². The van der Waals surface area contributed by atoms with Crippen molar-refractivity contribution in [3.63, 3.8) is 0 Å². The van der Waals surface area contributed by atoms with Crippen molar-refractivity contribution >= 4 is 28.7 Å². The molecule has 0 unspecified atom stereocenters. The molecule has 3 rings (SSSR count). The predicted molar refractivity (Wildman–Crippen MR) is 87.4 cm³/mol. The summed E-state index contributed by atoms with van der Waals surface area (Å²) >= 11 is 0.975. The molecular weight excluding hydrogens is 378 g/mol. The molecule has 2 heterocycles. The predicted octanol–water partition coefficient (Wildman–Crippen LogP) is 2.94. The minimum Gasteiger partial charge on any atom is -0.465 e. The second-order valence-corrected chi connectivity index (χ2v) is 7.10. The van der Waals surface area contributed by atoms with Crippen molar-refractivity contribution in [2.75, 3.05) is 18.1 Å². The number of anilines is 1. The first-order valence-corrected chi connectivity index (χ1v) is 8.57. The second kappa shape index (κ2) is 6.62. The number of fused-ring (bicyclic) bond motifs is 1. The Labute approximate surface area is 149 Å². The first-order valence-electron chi connectivity index (χ1n) is 7.58. The summed E-state index contributed by atoms with van der Waals surface area (Å²) in [5, 5.41) is 10.9. The molecule has 1 fully saturated rings. The van der Waals surface area contributed by atoms with Gasteiger partial charge in [-0.1, -0.05) is 11.8 Å². The number of aliphatic imine (C=N–C) groups is 1. The van der Waals surface area contributed by atoms with E-state index < -0.39 is 48.7 Å². The van der Waals surface area contributed by atoms with E-state index in [0.29, 0.717) is 0 Å². The number of nitrogen functional groups attached to an aromatic ring is 1. The summed E-state index contributed by atoms with van der Waals surface area (Å²) in [6.45, 7) is -0.534. The molecular formula is C15H15F4N3O3S. The van der Waals surface area contributed by atoms with Crippen molar-refractivity contribution in [1.29, 1.82) is 0 Å². The number of carboxylic acid groups (broad SMARTS) is 1. The van der Waals surface area contributed by atoms with Gasteiger partial charge in [0.2, 0.25) is 0 Å². The molecule has 2 aliphatic rings. The number of rotatable bonds is 1. The SMILES string of the molecule is Nc1ccc(F)c([C@]23CO[C@@H](C(F)(F)F)C[C@H]2CSC(NC(=O)O)=N3)c1. The lowest BCUT2D eigenvalue weighted by atomic mass is 9.74. The molecule has 0 saturated carbocycles. The van der Waals surface area contributed by atoms with E-state index in [4.69, 9.17) is 15.6 Å². The molecule has 142 valence electrons. The standard InChI is InChI=1S/C15H15F4N3O3S/c16-10-2-1-8(20)4-9(10)14-6-25-11(15(17,18)19)3-7(14)5-26-12(22-14)21-13(23)24/h1-2,4,7,11H,3,5-6,20H2,(H,21,22)(H,23,24)/t7-,11+,14-/m0/s1. The van der Waals surface area contributed by atoms with Crippen molar-refractivity contribution in [3.05, 3.63) is 29.6 Å². The Morgan fingerprint density at radius 1 is 1.46 bits per heavy atom. The third-order valence-electron chi connectivity index (χ3n) is 4.44. The Balaban J connectivity index is 2.07. The average molecular weight is 393 g/mol. The fourth-order valence-electron chi connectivity index (χ4n) is 3.21. The van der Waals surface area contributed by atoms with E-state index in [2.05, 4.69) is 10.3 Å². The zero-order valence-electron chi connectivity index (χ0n) is 13.2. The molecule has 1 saturated heterocycles. The molecule has 1 amide bonds.